The van der Waals surface area contributed by atoms with E-state index in [-0.39, 0.29) is 0 Å². The zero-order valence-electron chi connectivity index (χ0n) is 13.7. The highest BCUT2D eigenvalue weighted by atomic mass is 19.2. The molecule has 124 valence electrons. The molecule has 1 aromatic rings. The standard InChI is InChI=1S/C17H26F2N2O/c1-20(2)11-9-13-6-4-5-10-21(13)12-14-16(22-3)8-7-15(18)17(14)19/h7-8,13H,4-6,9-12H2,1-3H3. The van der Waals surface area contributed by atoms with Crippen molar-refractivity contribution in [1.29, 1.82) is 0 Å². The Balaban J connectivity index is 2.14. The normalized spacial score (nSPS) is 19.6. The largest absolute Gasteiger partial charge is 0.496 e. The van der Waals surface area contributed by atoms with Crippen molar-refractivity contribution in [3.63, 3.8) is 0 Å². The fourth-order valence-electron chi connectivity index (χ4n) is 3.12. The molecule has 0 aliphatic carbocycles. The third kappa shape index (κ3) is 4.17. The predicted molar refractivity (Wildman–Crippen MR) is 84.1 cm³/mol. The SMILES string of the molecule is COc1ccc(F)c(F)c1CN1CCCCC1CCN(C)C. The lowest BCUT2D eigenvalue weighted by Crippen LogP contribution is -2.40. The Kier molecular flexibility index (Phi) is 6.15. The van der Waals surface area contributed by atoms with Gasteiger partial charge in [-0.25, -0.2) is 8.78 Å². The molecule has 1 aliphatic rings. The smallest absolute Gasteiger partial charge is 0.167 e. The summed E-state index contributed by atoms with van der Waals surface area (Å²) in [5.74, 6) is -1.16. The number of halogens is 2. The third-order valence-corrected chi connectivity index (χ3v) is 4.39. The quantitative estimate of drug-likeness (QED) is 0.802. The number of benzene rings is 1. The Bertz CT molecular complexity index is 494. The van der Waals surface area contributed by atoms with Crippen molar-refractivity contribution in [1.82, 2.24) is 9.80 Å². The van der Waals surface area contributed by atoms with Crippen molar-refractivity contribution in [2.45, 2.75) is 38.3 Å². The molecule has 0 radical (unpaired) electrons. The molecule has 1 unspecified atom stereocenters. The summed E-state index contributed by atoms with van der Waals surface area (Å²) in [6, 6.07) is 3.05. The summed E-state index contributed by atoms with van der Waals surface area (Å²) in [5, 5.41) is 0. The van der Waals surface area contributed by atoms with E-state index in [2.05, 4.69) is 23.9 Å². The zero-order valence-corrected chi connectivity index (χ0v) is 13.7. The van der Waals surface area contributed by atoms with E-state index in [1.165, 1.54) is 19.6 Å². The number of nitrogens with zero attached hydrogens (tertiary/aromatic N) is 2. The molecular formula is C17H26F2N2O. The molecule has 1 aliphatic heterocycles. The first-order chi connectivity index (χ1) is 10.5. The molecule has 1 atom stereocenters. The first-order valence-electron chi connectivity index (χ1n) is 7.92. The van der Waals surface area contributed by atoms with Crippen LogP contribution in [0.15, 0.2) is 12.1 Å². The van der Waals surface area contributed by atoms with Crippen molar-refractivity contribution in [3.05, 3.63) is 29.3 Å². The molecule has 2 rings (SSSR count). The maximum atomic E-state index is 14.2. The van der Waals surface area contributed by atoms with Gasteiger partial charge in [-0.05, 0) is 58.6 Å². The highest BCUT2D eigenvalue weighted by molar-refractivity contribution is 5.35. The van der Waals surface area contributed by atoms with Gasteiger partial charge in [0.15, 0.2) is 11.6 Å². The van der Waals surface area contributed by atoms with Gasteiger partial charge < -0.3 is 9.64 Å². The molecule has 5 heteroatoms. The van der Waals surface area contributed by atoms with E-state index in [0.717, 1.165) is 38.4 Å². The second-order valence-electron chi connectivity index (χ2n) is 6.25. The van der Waals surface area contributed by atoms with E-state index in [0.29, 0.717) is 23.9 Å². The van der Waals surface area contributed by atoms with Gasteiger partial charge in [-0.1, -0.05) is 6.42 Å². The Morgan fingerprint density at radius 3 is 2.73 bits per heavy atom. The van der Waals surface area contributed by atoms with Gasteiger partial charge in [-0.2, -0.15) is 0 Å². The van der Waals surface area contributed by atoms with Gasteiger partial charge in [-0.3, -0.25) is 4.90 Å². The van der Waals surface area contributed by atoms with Gasteiger partial charge in [0.25, 0.3) is 0 Å². The summed E-state index contributed by atoms with van der Waals surface area (Å²) in [6.45, 7) is 2.34. The van der Waals surface area contributed by atoms with Gasteiger partial charge >= 0.3 is 0 Å². The molecule has 0 N–H and O–H groups in total. The Morgan fingerprint density at radius 1 is 1.27 bits per heavy atom. The van der Waals surface area contributed by atoms with Gasteiger partial charge in [0, 0.05) is 18.2 Å². The molecule has 1 fully saturated rings. The van der Waals surface area contributed by atoms with E-state index >= 15 is 0 Å². The molecule has 0 amide bonds. The Hall–Kier alpha value is -1.20. The van der Waals surface area contributed by atoms with Crippen molar-refractivity contribution < 1.29 is 13.5 Å². The lowest BCUT2D eigenvalue weighted by atomic mass is 9.98. The third-order valence-electron chi connectivity index (χ3n) is 4.39. The number of hydrogen-bond acceptors (Lipinski definition) is 3. The minimum atomic E-state index is -0.808. The number of likely N-dealkylation sites (tertiary alicyclic amines) is 1. The van der Waals surface area contributed by atoms with Crippen LogP contribution in [0.2, 0.25) is 0 Å². The minimum absolute atomic E-state index is 0.333. The maximum Gasteiger partial charge on any atom is 0.167 e. The van der Waals surface area contributed by atoms with Crippen molar-refractivity contribution in [2.24, 2.45) is 0 Å². The van der Waals surface area contributed by atoms with Crippen LogP contribution in [0.1, 0.15) is 31.2 Å². The van der Waals surface area contributed by atoms with Crippen molar-refractivity contribution in [2.75, 3.05) is 34.3 Å². The van der Waals surface area contributed by atoms with Crippen molar-refractivity contribution in [3.8, 4) is 5.75 Å². The first kappa shape index (κ1) is 17.2. The molecule has 22 heavy (non-hydrogen) atoms. The van der Waals surface area contributed by atoms with Gasteiger partial charge in [0.2, 0.25) is 0 Å². The summed E-state index contributed by atoms with van der Waals surface area (Å²) in [7, 11) is 5.61. The van der Waals surface area contributed by atoms with Crippen molar-refractivity contribution >= 4 is 0 Å². The van der Waals surface area contributed by atoms with Crippen LogP contribution in [-0.4, -0.2) is 50.1 Å². The average molecular weight is 312 g/mol. The molecule has 0 bridgehead atoms. The highest BCUT2D eigenvalue weighted by Gasteiger charge is 2.25. The number of ether oxygens (including phenoxy) is 1. The van der Waals surface area contributed by atoms with Crippen LogP contribution in [0, 0.1) is 11.6 Å². The van der Waals surface area contributed by atoms with Crippen LogP contribution in [0.25, 0.3) is 0 Å². The molecule has 1 aromatic carbocycles. The van der Waals surface area contributed by atoms with Crippen LogP contribution in [0.5, 0.6) is 5.75 Å². The monoisotopic (exact) mass is 312 g/mol. The van der Waals surface area contributed by atoms with Crippen LogP contribution >= 0.6 is 0 Å². The topological polar surface area (TPSA) is 15.7 Å². The van der Waals surface area contributed by atoms with Crippen LogP contribution in [0.4, 0.5) is 8.78 Å². The van der Waals surface area contributed by atoms with E-state index in [4.69, 9.17) is 4.74 Å². The summed E-state index contributed by atoms with van der Waals surface area (Å²) in [4.78, 5) is 4.43. The average Bonchev–Trinajstić information content (AvgIpc) is 2.51. The van der Waals surface area contributed by atoms with E-state index in [9.17, 15) is 8.78 Å². The van der Waals surface area contributed by atoms with E-state index < -0.39 is 11.6 Å². The Morgan fingerprint density at radius 2 is 2.05 bits per heavy atom. The summed E-state index contributed by atoms with van der Waals surface area (Å²) in [6.07, 6.45) is 4.48. The Labute approximate surface area is 131 Å². The lowest BCUT2D eigenvalue weighted by Gasteiger charge is -2.36. The molecular weight excluding hydrogens is 286 g/mol. The van der Waals surface area contributed by atoms with Gasteiger partial charge in [0.1, 0.15) is 5.75 Å². The fraction of sp³-hybridized carbons (Fsp3) is 0.647. The summed E-state index contributed by atoms with van der Waals surface area (Å²) >= 11 is 0. The molecule has 0 spiro atoms. The van der Waals surface area contributed by atoms with E-state index in [1.807, 2.05) is 0 Å². The minimum Gasteiger partial charge on any atom is -0.496 e. The summed E-state index contributed by atoms with van der Waals surface area (Å²) in [5.41, 5.74) is 0.333. The van der Waals surface area contributed by atoms with Crippen LogP contribution < -0.4 is 4.74 Å². The highest BCUT2D eigenvalue weighted by Crippen LogP contribution is 2.29. The maximum absolute atomic E-state index is 14.2. The predicted octanol–water partition coefficient (Wildman–Crippen LogP) is 3.28. The second kappa shape index (κ2) is 7.88. The number of piperidine rings is 1. The van der Waals surface area contributed by atoms with Crippen LogP contribution in [0.3, 0.4) is 0 Å². The molecule has 3 nitrogen and oxygen atoms in total. The zero-order chi connectivity index (χ0) is 16.1. The molecule has 1 saturated heterocycles. The van der Waals surface area contributed by atoms with Gasteiger partial charge in [-0.15, -0.1) is 0 Å². The first-order valence-corrected chi connectivity index (χ1v) is 7.92. The molecule has 1 heterocycles. The summed E-state index contributed by atoms with van der Waals surface area (Å²) < 4.78 is 32.9. The molecule has 0 saturated carbocycles. The molecule has 0 aromatic heterocycles. The number of rotatable bonds is 6. The van der Waals surface area contributed by atoms with E-state index in [1.54, 1.807) is 0 Å². The van der Waals surface area contributed by atoms with Crippen LogP contribution in [-0.2, 0) is 6.54 Å². The second-order valence-corrected chi connectivity index (χ2v) is 6.25. The number of hydrogen-bond donors (Lipinski definition) is 0. The lowest BCUT2D eigenvalue weighted by molar-refractivity contribution is 0.121. The number of methoxy groups -OCH3 is 1. The fourth-order valence-corrected chi connectivity index (χ4v) is 3.12. The van der Waals surface area contributed by atoms with Gasteiger partial charge in [0.05, 0.1) is 7.11 Å².